The summed E-state index contributed by atoms with van der Waals surface area (Å²) in [5.41, 5.74) is 9.56. The number of benzene rings is 2. The number of ether oxygens (including phenoxy) is 2. The van der Waals surface area contributed by atoms with Crippen molar-refractivity contribution in [3.63, 3.8) is 0 Å². The van der Waals surface area contributed by atoms with Crippen LogP contribution in [-0.4, -0.2) is 35.0 Å². The Kier molecular flexibility index (Phi) is 7.05. The molecule has 2 unspecified atom stereocenters. The van der Waals surface area contributed by atoms with Gasteiger partial charge in [0.25, 0.3) is 0 Å². The zero-order valence-corrected chi connectivity index (χ0v) is 21.1. The predicted octanol–water partition coefficient (Wildman–Crippen LogP) is 4.77. The van der Waals surface area contributed by atoms with E-state index in [2.05, 4.69) is 18.0 Å². The molecule has 35 heavy (non-hydrogen) atoms. The molecule has 2 atom stereocenters. The average molecular weight is 477 g/mol. The molecule has 7 heteroatoms. The van der Waals surface area contributed by atoms with Crippen molar-refractivity contribution in [1.82, 2.24) is 10.2 Å². The molecule has 2 aromatic carbocycles. The van der Waals surface area contributed by atoms with Gasteiger partial charge in [0, 0.05) is 16.8 Å². The smallest absolute Gasteiger partial charge is 0.232 e. The van der Waals surface area contributed by atoms with Crippen LogP contribution in [0.2, 0.25) is 0 Å². The van der Waals surface area contributed by atoms with Crippen molar-refractivity contribution in [2.24, 2.45) is 10.7 Å². The van der Waals surface area contributed by atoms with Gasteiger partial charge in [-0.05, 0) is 56.5 Å². The fraction of sp³-hybridized carbons (Fsp3) is 0.429. The third kappa shape index (κ3) is 4.85. The Morgan fingerprint density at radius 3 is 2.69 bits per heavy atom. The number of fused-ring (bicyclic) bond motifs is 1. The summed E-state index contributed by atoms with van der Waals surface area (Å²) in [6, 6.07) is 14.0. The number of nitrogens with one attached hydrogen (secondary N) is 1. The monoisotopic (exact) mass is 476 g/mol. The van der Waals surface area contributed by atoms with Gasteiger partial charge in [-0.3, -0.25) is 9.69 Å². The number of para-hydroxylation sites is 1. The van der Waals surface area contributed by atoms with Crippen molar-refractivity contribution in [2.75, 3.05) is 6.61 Å². The van der Waals surface area contributed by atoms with Crippen LogP contribution in [-0.2, 0) is 11.3 Å². The maximum absolute atomic E-state index is 13.1. The van der Waals surface area contributed by atoms with Crippen molar-refractivity contribution >= 4 is 17.6 Å². The average Bonchev–Trinajstić information content (AvgIpc) is 3.17. The first-order chi connectivity index (χ1) is 16.8. The number of nitrogens with two attached hydrogens (primary N) is 1. The van der Waals surface area contributed by atoms with Crippen LogP contribution in [0.3, 0.4) is 0 Å². The lowest BCUT2D eigenvalue weighted by Crippen LogP contribution is -2.50. The molecule has 0 spiro atoms. The van der Waals surface area contributed by atoms with Crippen LogP contribution in [0.5, 0.6) is 11.5 Å². The van der Waals surface area contributed by atoms with Gasteiger partial charge in [-0.25, -0.2) is 4.99 Å². The SMILES string of the molecule is C=C(NC1c2ccccc2OC1C)c1ccc(OCC)c(CN2C(=O)CC(CC)(CC)N=C2N)c1. The van der Waals surface area contributed by atoms with E-state index in [9.17, 15) is 4.79 Å². The molecule has 2 heterocycles. The van der Waals surface area contributed by atoms with Crippen LogP contribution >= 0.6 is 0 Å². The number of nitrogens with zero attached hydrogens (tertiary/aromatic N) is 2. The molecule has 0 saturated carbocycles. The van der Waals surface area contributed by atoms with E-state index >= 15 is 0 Å². The Balaban J connectivity index is 1.59. The first-order valence-electron chi connectivity index (χ1n) is 12.4. The Morgan fingerprint density at radius 2 is 2.00 bits per heavy atom. The van der Waals surface area contributed by atoms with Gasteiger partial charge in [0.05, 0.1) is 31.2 Å². The number of hydrogen-bond donors (Lipinski definition) is 2. The largest absolute Gasteiger partial charge is 0.494 e. The number of rotatable bonds is 9. The maximum atomic E-state index is 13.1. The van der Waals surface area contributed by atoms with Gasteiger partial charge in [-0.2, -0.15) is 0 Å². The van der Waals surface area contributed by atoms with Gasteiger partial charge >= 0.3 is 0 Å². The molecule has 4 rings (SSSR count). The van der Waals surface area contributed by atoms with E-state index in [1.54, 1.807) is 4.90 Å². The summed E-state index contributed by atoms with van der Waals surface area (Å²) in [6.45, 7) is 13.2. The van der Waals surface area contributed by atoms with Crippen molar-refractivity contribution in [3.05, 3.63) is 65.7 Å². The Hall–Kier alpha value is -3.48. The van der Waals surface area contributed by atoms with Crippen molar-refractivity contribution in [3.8, 4) is 11.5 Å². The summed E-state index contributed by atoms with van der Waals surface area (Å²) >= 11 is 0. The minimum atomic E-state index is -0.406. The number of carbonyl (C=O) groups is 1. The maximum Gasteiger partial charge on any atom is 0.232 e. The molecule has 186 valence electrons. The topological polar surface area (TPSA) is 89.2 Å². The molecule has 0 fully saturated rings. The molecule has 0 aliphatic carbocycles. The van der Waals surface area contributed by atoms with Crippen LogP contribution in [0.15, 0.2) is 54.0 Å². The molecule has 0 saturated heterocycles. The van der Waals surface area contributed by atoms with Gasteiger partial charge in [-0.1, -0.05) is 38.6 Å². The fourth-order valence-corrected chi connectivity index (χ4v) is 4.86. The highest BCUT2D eigenvalue weighted by molar-refractivity contribution is 5.99. The molecule has 0 radical (unpaired) electrons. The van der Waals surface area contributed by atoms with Gasteiger partial charge in [0.1, 0.15) is 17.6 Å². The first kappa shape index (κ1) is 24.6. The zero-order valence-electron chi connectivity index (χ0n) is 21.1. The van der Waals surface area contributed by atoms with Crippen LogP contribution in [0.25, 0.3) is 5.70 Å². The molecule has 3 N–H and O–H groups in total. The van der Waals surface area contributed by atoms with Gasteiger partial charge in [0.2, 0.25) is 5.91 Å². The van der Waals surface area contributed by atoms with E-state index < -0.39 is 5.54 Å². The molecular weight excluding hydrogens is 440 g/mol. The van der Waals surface area contributed by atoms with Crippen LogP contribution in [0.4, 0.5) is 0 Å². The predicted molar refractivity (Wildman–Crippen MR) is 139 cm³/mol. The first-order valence-corrected chi connectivity index (χ1v) is 12.4. The van der Waals surface area contributed by atoms with Gasteiger partial charge in [0.15, 0.2) is 5.96 Å². The molecular formula is C28H36N4O3. The molecule has 0 aromatic heterocycles. The number of hydrogen-bond acceptors (Lipinski definition) is 6. The number of amides is 1. The van der Waals surface area contributed by atoms with Gasteiger partial charge in [-0.15, -0.1) is 0 Å². The highest BCUT2D eigenvalue weighted by Crippen LogP contribution is 2.38. The van der Waals surface area contributed by atoms with E-state index in [-0.39, 0.29) is 24.0 Å². The third-order valence-corrected chi connectivity index (χ3v) is 7.13. The van der Waals surface area contributed by atoms with Crippen molar-refractivity contribution < 1.29 is 14.3 Å². The summed E-state index contributed by atoms with van der Waals surface area (Å²) in [5.74, 6) is 1.87. The molecule has 7 nitrogen and oxygen atoms in total. The standard InChI is InChI=1S/C28H36N4O3/c1-6-28(7-2)16-25(33)32(27(29)31-28)17-21-15-20(13-14-23(21)34-8-3)18(4)30-26-19(5)35-24-12-10-9-11-22(24)26/h9-15,19,26,30H,4,6-8,16-17H2,1-3,5H3,(H2,29,31). The quantitative estimate of drug-likeness (QED) is 0.544. The second kappa shape index (κ2) is 10.0. The van der Waals surface area contributed by atoms with Crippen LogP contribution in [0.1, 0.15) is 69.7 Å². The number of aliphatic imine (C=N–C) groups is 1. The van der Waals surface area contributed by atoms with E-state index in [0.29, 0.717) is 19.6 Å². The lowest BCUT2D eigenvalue weighted by atomic mass is 9.88. The highest BCUT2D eigenvalue weighted by Gasteiger charge is 2.37. The zero-order chi connectivity index (χ0) is 25.2. The third-order valence-electron chi connectivity index (χ3n) is 7.13. The van der Waals surface area contributed by atoms with Crippen LogP contribution < -0.4 is 20.5 Å². The Labute approximate surface area is 208 Å². The van der Waals surface area contributed by atoms with E-state index in [1.807, 2.05) is 64.1 Å². The van der Waals surface area contributed by atoms with Crippen molar-refractivity contribution in [1.29, 1.82) is 0 Å². The minimum absolute atomic E-state index is 0.00335. The number of guanidine groups is 1. The summed E-state index contributed by atoms with van der Waals surface area (Å²) in [5, 5.41) is 3.54. The Morgan fingerprint density at radius 1 is 1.26 bits per heavy atom. The summed E-state index contributed by atoms with van der Waals surface area (Å²) in [7, 11) is 0. The summed E-state index contributed by atoms with van der Waals surface area (Å²) < 4.78 is 11.9. The summed E-state index contributed by atoms with van der Waals surface area (Å²) in [4.78, 5) is 19.4. The number of carbonyl (C=O) groups excluding carboxylic acids is 1. The van der Waals surface area contributed by atoms with Crippen molar-refractivity contribution in [2.45, 2.75) is 71.2 Å². The van der Waals surface area contributed by atoms with E-state index in [0.717, 1.165) is 46.7 Å². The lowest BCUT2D eigenvalue weighted by molar-refractivity contribution is -0.130. The second-order valence-electron chi connectivity index (χ2n) is 9.27. The lowest BCUT2D eigenvalue weighted by Gasteiger charge is -2.36. The molecule has 2 aromatic rings. The minimum Gasteiger partial charge on any atom is -0.494 e. The highest BCUT2D eigenvalue weighted by atomic mass is 16.5. The summed E-state index contributed by atoms with van der Waals surface area (Å²) in [6.07, 6.45) is 1.89. The van der Waals surface area contributed by atoms with E-state index in [1.165, 1.54) is 0 Å². The molecule has 2 aliphatic heterocycles. The molecule has 2 aliphatic rings. The molecule has 1 amide bonds. The fourth-order valence-electron chi connectivity index (χ4n) is 4.86. The molecule has 0 bridgehead atoms. The Bertz CT molecular complexity index is 1140. The van der Waals surface area contributed by atoms with E-state index in [4.69, 9.17) is 20.2 Å². The van der Waals surface area contributed by atoms with Gasteiger partial charge < -0.3 is 20.5 Å². The second-order valence-corrected chi connectivity index (χ2v) is 9.27. The van der Waals surface area contributed by atoms with Crippen LogP contribution in [0, 0.1) is 0 Å². The normalized spacial score (nSPS) is 20.6.